The highest BCUT2D eigenvalue weighted by atomic mass is 19.1. The lowest BCUT2D eigenvalue weighted by Gasteiger charge is -2.28. The van der Waals surface area contributed by atoms with Gasteiger partial charge >= 0.3 is 0 Å². The monoisotopic (exact) mass is 289 g/mol. The maximum absolute atomic E-state index is 13.8. The zero-order chi connectivity index (χ0) is 14.8. The first kappa shape index (κ1) is 13.9. The van der Waals surface area contributed by atoms with Crippen LogP contribution in [0.5, 0.6) is 0 Å². The molecule has 0 spiro atoms. The van der Waals surface area contributed by atoms with Crippen LogP contribution in [-0.4, -0.2) is 30.7 Å². The summed E-state index contributed by atoms with van der Waals surface area (Å²) in [6, 6.07) is 5.80. The van der Waals surface area contributed by atoms with Crippen LogP contribution < -0.4 is 10.6 Å². The summed E-state index contributed by atoms with van der Waals surface area (Å²) in [5.41, 5.74) is 0.0737. The number of carbonyl (C=O) groups is 2. The average Bonchev–Trinajstić information content (AvgIpc) is 2.49. The first-order chi connectivity index (χ1) is 10.2. The molecule has 0 bridgehead atoms. The summed E-state index contributed by atoms with van der Waals surface area (Å²) in [4.78, 5) is 28.4. The van der Waals surface area contributed by atoms with Gasteiger partial charge in [0, 0.05) is 18.0 Å². The third kappa shape index (κ3) is 2.71. The van der Waals surface area contributed by atoms with Crippen molar-refractivity contribution in [2.75, 3.05) is 13.1 Å². The fraction of sp³-hybridized carbons (Fsp3) is 0.400. The molecule has 0 saturated carbocycles. The molecule has 2 aliphatic heterocycles. The number of hydrogen-bond acceptors (Lipinski definition) is 3. The molecule has 21 heavy (non-hydrogen) atoms. The number of amides is 2. The Kier molecular flexibility index (Phi) is 3.79. The number of rotatable bonds is 2. The second-order valence-corrected chi connectivity index (χ2v) is 5.32. The van der Waals surface area contributed by atoms with Crippen molar-refractivity contribution in [3.05, 3.63) is 35.6 Å². The molecule has 2 unspecified atom stereocenters. The number of nitrogens with one attached hydrogen (secondary N) is 2. The summed E-state index contributed by atoms with van der Waals surface area (Å²) in [6.45, 7) is 1.63. The molecule has 6 heteroatoms. The van der Waals surface area contributed by atoms with E-state index in [-0.39, 0.29) is 11.5 Å². The van der Waals surface area contributed by atoms with Crippen LogP contribution in [0.3, 0.4) is 0 Å². The Hall–Kier alpha value is -2.08. The summed E-state index contributed by atoms with van der Waals surface area (Å²) in [5.74, 6) is -2.40. The summed E-state index contributed by atoms with van der Waals surface area (Å²) in [6.07, 6.45) is 1.86. The molecule has 3 rings (SSSR count). The lowest BCUT2D eigenvalue weighted by molar-refractivity contribution is -0.130. The van der Waals surface area contributed by atoms with Gasteiger partial charge in [-0.05, 0) is 25.5 Å². The number of piperidine rings is 1. The van der Waals surface area contributed by atoms with Crippen LogP contribution in [-0.2, 0) is 9.59 Å². The third-order valence-electron chi connectivity index (χ3n) is 3.89. The van der Waals surface area contributed by atoms with Gasteiger partial charge in [-0.2, -0.15) is 4.99 Å². The topological polar surface area (TPSA) is 70.6 Å². The molecule has 0 aromatic heterocycles. The largest absolute Gasteiger partial charge is 0.316 e. The Morgan fingerprint density at radius 2 is 2.05 bits per heavy atom. The minimum atomic E-state index is -1.19. The van der Waals surface area contributed by atoms with Crippen molar-refractivity contribution < 1.29 is 14.0 Å². The second-order valence-electron chi connectivity index (χ2n) is 5.32. The van der Waals surface area contributed by atoms with Crippen molar-refractivity contribution in [2.45, 2.75) is 18.8 Å². The maximum Gasteiger partial charge on any atom is 0.264 e. The number of amidine groups is 1. The summed E-state index contributed by atoms with van der Waals surface area (Å²) in [5, 5.41) is 5.89. The molecule has 0 radical (unpaired) electrons. The summed E-state index contributed by atoms with van der Waals surface area (Å²) < 4.78 is 13.8. The SMILES string of the molecule is O=C1N=C(C2CCCNC2)NC(=O)C1c1ccccc1F. The van der Waals surface area contributed by atoms with Crippen LogP contribution in [0.1, 0.15) is 24.3 Å². The fourth-order valence-corrected chi connectivity index (χ4v) is 2.78. The zero-order valence-electron chi connectivity index (χ0n) is 11.4. The fourth-order valence-electron chi connectivity index (χ4n) is 2.78. The van der Waals surface area contributed by atoms with Gasteiger partial charge in [-0.25, -0.2) is 4.39 Å². The van der Waals surface area contributed by atoms with E-state index >= 15 is 0 Å². The predicted molar refractivity (Wildman–Crippen MR) is 75.3 cm³/mol. The molecule has 1 aromatic rings. The number of aliphatic imine (C=N–C) groups is 1. The van der Waals surface area contributed by atoms with Gasteiger partial charge in [-0.3, -0.25) is 9.59 Å². The van der Waals surface area contributed by atoms with Crippen LogP contribution in [0.2, 0.25) is 0 Å². The Morgan fingerprint density at radius 3 is 2.71 bits per heavy atom. The van der Waals surface area contributed by atoms with Crippen molar-refractivity contribution in [1.82, 2.24) is 10.6 Å². The molecule has 2 atom stereocenters. The molecule has 1 saturated heterocycles. The Bertz CT molecular complexity index is 609. The predicted octanol–water partition coefficient (Wildman–Crippen LogP) is 0.964. The Labute approximate surface area is 121 Å². The maximum atomic E-state index is 13.8. The minimum absolute atomic E-state index is 0.0354. The van der Waals surface area contributed by atoms with Crippen LogP contribution in [0.4, 0.5) is 4.39 Å². The molecule has 110 valence electrons. The number of carbonyl (C=O) groups excluding carboxylic acids is 2. The molecule has 2 N–H and O–H groups in total. The molecule has 2 heterocycles. The van der Waals surface area contributed by atoms with Gasteiger partial charge in [0.1, 0.15) is 17.6 Å². The molecular weight excluding hydrogens is 273 g/mol. The van der Waals surface area contributed by atoms with Crippen molar-refractivity contribution >= 4 is 17.6 Å². The van der Waals surface area contributed by atoms with E-state index in [1.807, 2.05) is 0 Å². The number of nitrogens with zero attached hydrogens (tertiary/aromatic N) is 1. The van der Waals surface area contributed by atoms with E-state index in [0.717, 1.165) is 19.4 Å². The van der Waals surface area contributed by atoms with E-state index in [2.05, 4.69) is 15.6 Å². The summed E-state index contributed by atoms with van der Waals surface area (Å²) >= 11 is 0. The molecule has 5 nitrogen and oxygen atoms in total. The van der Waals surface area contributed by atoms with Gasteiger partial charge in [0.2, 0.25) is 5.91 Å². The highest BCUT2D eigenvalue weighted by molar-refractivity contribution is 6.19. The van der Waals surface area contributed by atoms with Crippen LogP contribution >= 0.6 is 0 Å². The standard InChI is InChI=1S/C15H16FN3O2/c16-11-6-2-1-5-10(11)12-14(20)18-13(19-15(12)21)9-4-3-7-17-8-9/h1-2,5-6,9,12,17H,3-4,7-8H2,(H,18,19,20,21). The first-order valence-electron chi connectivity index (χ1n) is 7.05. The van der Waals surface area contributed by atoms with Crippen LogP contribution in [0.15, 0.2) is 29.3 Å². The van der Waals surface area contributed by atoms with Gasteiger partial charge in [-0.15, -0.1) is 0 Å². The van der Waals surface area contributed by atoms with Gasteiger partial charge in [0.25, 0.3) is 5.91 Å². The molecule has 2 aliphatic rings. The van der Waals surface area contributed by atoms with Crippen LogP contribution in [0, 0.1) is 11.7 Å². The Morgan fingerprint density at radius 1 is 1.24 bits per heavy atom. The number of hydrogen-bond donors (Lipinski definition) is 2. The lowest BCUT2D eigenvalue weighted by atomic mass is 9.92. The van der Waals surface area contributed by atoms with E-state index in [0.29, 0.717) is 12.4 Å². The molecule has 2 amide bonds. The van der Waals surface area contributed by atoms with E-state index in [4.69, 9.17) is 0 Å². The van der Waals surface area contributed by atoms with Gasteiger partial charge < -0.3 is 10.6 Å². The van der Waals surface area contributed by atoms with E-state index < -0.39 is 23.5 Å². The normalized spacial score (nSPS) is 26.2. The van der Waals surface area contributed by atoms with E-state index in [1.54, 1.807) is 6.07 Å². The molecule has 1 aromatic carbocycles. The number of halogens is 1. The van der Waals surface area contributed by atoms with E-state index in [9.17, 15) is 14.0 Å². The van der Waals surface area contributed by atoms with Gasteiger partial charge in [0.05, 0.1) is 0 Å². The number of benzene rings is 1. The zero-order valence-corrected chi connectivity index (χ0v) is 11.4. The van der Waals surface area contributed by atoms with Crippen molar-refractivity contribution in [3.8, 4) is 0 Å². The Balaban J connectivity index is 1.87. The highest BCUT2D eigenvalue weighted by Gasteiger charge is 2.37. The van der Waals surface area contributed by atoms with Crippen molar-refractivity contribution in [3.63, 3.8) is 0 Å². The lowest BCUT2D eigenvalue weighted by Crippen LogP contribution is -2.49. The quantitative estimate of drug-likeness (QED) is 0.797. The average molecular weight is 289 g/mol. The second kappa shape index (κ2) is 5.73. The van der Waals surface area contributed by atoms with Gasteiger partial charge in [0.15, 0.2) is 0 Å². The highest BCUT2D eigenvalue weighted by Crippen LogP contribution is 2.24. The first-order valence-corrected chi connectivity index (χ1v) is 7.05. The third-order valence-corrected chi connectivity index (χ3v) is 3.89. The van der Waals surface area contributed by atoms with E-state index in [1.165, 1.54) is 18.2 Å². The van der Waals surface area contributed by atoms with Crippen molar-refractivity contribution in [2.24, 2.45) is 10.9 Å². The van der Waals surface area contributed by atoms with Gasteiger partial charge in [-0.1, -0.05) is 18.2 Å². The molecular formula is C15H16FN3O2. The molecule has 1 fully saturated rings. The minimum Gasteiger partial charge on any atom is -0.316 e. The smallest absolute Gasteiger partial charge is 0.264 e. The van der Waals surface area contributed by atoms with Crippen LogP contribution in [0.25, 0.3) is 0 Å². The summed E-state index contributed by atoms with van der Waals surface area (Å²) in [7, 11) is 0. The molecule has 0 aliphatic carbocycles. The van der Waals surface area contributed by atoms with Crippen molar-refractivity contribution in [1.29, 1.82) is 0 Å².